The minimum atomic E-state index is -2.20. The Balaban J connectivity index is 1.96. The van der Waals surface area contributed by atoms with Crippen molar-refractivity contribution in [3.05, 3.63) is 114 Å². The molecule has 0 nitrogen and oxygen atoms in total. The zero-order valence-corrected chi connectivity index (χ0v) is 17.0. The van der Waals surface area contributed by atoms with Gasteiger partial charge in [-0.05, 0) is 65.1 Å². The minimum Gasteiger partial charge on any atom is -0.206 e. The fourth-order valence-electron chi connectivity index (χ4n) is 3.98. The lowest BCUT2D eigenvalue weighted by molar-refractivity contribution is 0.595. The van der Waals surface area contributed by atoms with Crippen LogP contribution in [0.3, 0.4) is 0 Å². The molecule has 5 heteroatoms. The molecule has 0 unspecified atom stereocenters. The fourth-order valence-corrected chi connectivity index (χ4v) is 6.54. The highest BCUT2D eigenvalue weighted by Gasteiger charge is 2.30. The molecular weight excluding hydrogens is 419 g/mol. The Morgan fingerprint density at radius 2 is 0.903 bits per heavy atom. The van der Waals surface area contributed by atoms with E-state index in [2.05, 4.69) is 0 Å². The van der Waals surface area contributed by atoms with E-state index in [0.717, 1.165) is 40.4 Å². The van der Waals surface area contributed by atoms with E-state index in [1.165, 1.54) is 12.1 Å². The van der Waals surface area contributed by atoms with Gasteiger partial charge in [-0.25, -0.2) is 17.6 Å². The molecule has 0 aliphatic carbocycles. The van der Waals surface area contributed by atoms with Crippen LogP contribution in [-0.4, -0.2) is 0 Å². The number of rotatable bonds is 3. The van der Waals surface area contributed by atoms with Crippen molar-refractivity contribution < 1.29 is 17.6 Å². The van der Waals surface area contributed by atoms with Crippen molar-refractivity contribution in [1.82, 2.24) is 0 Å². The van der Waals surface area contributed by atoms with E-state index in [9.17, 15) is 17.6 Å². The maximum atomic E-state index is 15.0. The van der Waals surface area contributed by atoms with Gasteiger partial charge in [0.25, 0.3) is 0 Å². The van der Waals surface area contributed by atoms with E-state index in [4.69, 9.17) is 0 Å². The molecule has 5 rings (SSSR count). The highest BCUT2D eigenvalue weighted by atomic mass is 31.1. The molecule has 0 spiro atoms. The minimum absolute atomic E-state index is 0.318. The number of fused-ring (bicyclic) bond motifs is 3. The van der Waals surface area contributed by atoms with Gasteiger partial charge in [-0.15, -0.1) is 0 Å². The van der Waals surface area contributed by atoms with Crippen molar-refractivity contribution in [2.75, 3.05) is 0 Å². The van der Waals surface area contributed by atoms with Gasteiger partial charge in [0.05, 0.1) is 10.6 Å². The first-order chi connectivity index (χ1) is 15.1. The second-order valence-corrected chi connectivity index (χ2v) is 9.19. The molecule has 0 saturated heterocycles. The van der Waals surface area contributed by atoms with Gasteiger partial charge >= 0.3 is 0 Å². The zero-order chi connectivity index (χ0) is 21.5. The van der Waals surface area contributed by atoms with Crippen molar-refractivity contribution in [1.29, 1.82) is 0 Å². The SMILES string of the molecule is Fc1cccc(F)c1P(c1c(F)cccc1F)c1cc2ccccc2c2ccccc12. The lowest BCUT2D eigenvalue weighted by Gasteiger charge is -2.23. The summed E-state index contributed by atoms with van der Waals surface area (Å²) in [6.45, 7) is 0. The molecule has 0 amide bonds. The topological polar surface area (TPSA) is 0 Å². The Kier molecular flexibility index (Phi) is 4.95. The molecule has 0 N–H and O–H groups in total. The van der Waals surface area contributed by atoms with Crippen LogP contribution in [0.15, 0.2) is 91.0 Å². The summed E-state index contributed by atoms with van der Waals surface area (Å²) in [6.07, 6.45) is 0. The highest BCUT2D eigenvalue weighted by molar-refractivity contribution is 7.80. The molecule has 5 aromatic carbocycles. The van der Waals surface area contributed by atoms with Gasteiger partial charge in [0.1, 0.15) is 23.3 Å². The fraction of sp³-hybridized carbons (Fsp3) is 0. The van der Waals surface area contributed by atoms with Crippen LogP contribution < -0.4 is 15.9 Å². The van der Waals surface area contributed by atoms with Gasteiger partial charge < -0.3 is 0 Å². The first-order valence-electron chi connectivity index (χ1n) is 9.65. The normalized spacial score (nSPS) is 11.5. The average Bonchev–Trinajstić information content (AvgIpc) is 2.77. The number of benzene rings is 5. The molecule has 0 atom stereocenters. The Morgan fingerprint density at radius 3 is 1.45 bits per heavy atom. The van der Waals surface area contributed by atoms with Crippen molar-refractivity contribution in [3.63, 3.8) is 0 Å². The molecular formula is C26H15F4P. The number of halogens is 4. The molecule has 0 aliphatic rings. The summed E-state index contributed by atoms with van der Waals surface area (Å²) in [5, 5.41) is 3.22. The zero-order valence-electron chi connectivity index (χ0n) is 16.1. The summed E-state index contributed by atoms with van der Waals surface area (Å²) in [6, 6.07) is 23.8. The highest BCUT2D eigenvalue weighted by Crippen LogP contribution is 2.41. The number of hydrogen-bond acceptors (Lipinski definition) is 0. The van der Waals surface area contributed by atoms with E-state index in [1.54, 1.807) is 6.07 Å². The monoisotopic (exact) mass is 434 g/mol. The van der Waals surface area contributed by atoms with Gasteiger partial charge in [-0.2, -0.15) is 0 Å². The van der Waals surface area contributed by atoms with Crippen molar-refractivity contribution in [2.24, 2.45) is 0 Å². The predicted molar refractivity (Wildman–Crippen MR) is 120 cm³/mol. The largest absolute Gasteiger partial charge is 0.206 e. The molecule has 0 heterocycles. The molecule has 5 aromatic rings. The maximum Gasteiger partial charge on any atom is 0.134 e. The summed E-state index contributed by atoms with van der Waals surface area (Å²) in [5.41, 5.74) is 0. The predicted octanol–water partition coefficient (Wildman–Crippen LogP) is 6.31. The van der Waals surface area contributed by atoms with Crippen molar-refractivity contribution in [3.8, 4) is 0 Å². The molecule has 0 aromatic heterocycles. The van der Waals surface area contributed by atoms with E-state index in [0.29, 0.717) is 10.7 Å². The lowest BCUT2D eigenvalue weighted by atomic mass is 10.0. The standard InChI is InChI=1S/C26H15F4P/c27-20-11-5-12-21(28)25(20)31(26-22(29)13-6-14-23(26)30)24-15-16-7-1-2-8-17(16)18-9-3-4-10-19(18)24/h1-15H. The Labute approximate surface area is 177 Å². The number of hydrogen-bond donors (Lipinski definition) is 0. The van der Waals surface area contributed by atoms with E-state index in [-0.39, 0.29) is 10.6 Å². The molecule has 0 saturated carbocycles. The van der Waals surface area contributed by atoms with Crippen molar-refractivity contribution >= 4 is 45.4 Å². The van der Waals surface area contributed by atoms with Gasteiger partial charge in [-0.3, -0.25) is 0 Å². The summed E-state index contributed by atoms with van der Waals surface area (Å²) >= 11 is 0. The molecule has 0 aliphatic heterocycles. The quantitative estimate of drug-likeness (QED) is 0.177. The third-order valence-corrected chi connectivity index (χ3v) is 7.91. The van der Waals surface area contributed by atoms with Crippen LogP contribution in [0.25, 0.3) is 21.5 Å². The molecule has 31 heavy (non-hydrogen) atoms. The third-order valence-electron chi connectivity index (χ3n) is 5.31. The van der Waals surface area contributed by atoms with E-state index in [1.807, 2.05) is 48.5 Å². The van der Waals surface area contributed by atoms with Crippen LogP contribution in [0.5, 0.6) is 0 Å². The van der Waals surface area contributed by atoms with Crippen LogP contribution in [0, 0.1) is 23.3 Å². The summed E-state index contributed by atoms with van der Waals surface area (Å²) in [7, 11) is -2.20. The Hall–Kier alpha value is -3.23. The van der Waals surface area contributed by atoms with Crippen LogP contribution in [-0.2, 0) is 0 Å². The first-order valence-corrected chi connectivity index (χ1v) is 11.0. The first kappa shape index (κ1) is 19.7. The van der Waals surface area contributed by atoms with Crippen molar-refractivity contribution in [2.45, 2.75) is 0 Å². The van der Waals surface area contributed by atoms with Crippen LogP contribution in [0.4, 0.5) is 17.6 Å². The Morgan fingerprint density at radius 1 is 0.452 bits per heavy atom. The van der Waals surface area contributed by atoms with Gasteiger partial charge in [-0.1, -0.05) is 60.7 Å². The van der Waals surface area contributed by atoms with E-state index < -0.39 is 31.2 Å². The smallest absolute Gasteiger partial charge is 0.134 e. The van der Waals surface area contributed by atoms with Gasteiger partial charge in [0, 0.05) is 0 Å². The van der Waals surface area contributed by atoms with Gasteiger partial charge in [0.15, 0.2) is 0 Å². The molecule has 0 radical (unpaired) electrons. The van der Waals surface area contributed by atoms with E-state index >= 15 is 0 Å². The maximum absolute atomic E-state index is 15.0. The second-order valence-electron chi connectivity index (χ2n) is 7.14. The molecule has 0 fully saturated rings. The van der Waals surface area contributed by atoms with Crippen LogP contribution in [0.1, 0.15) is 0 Å². The molecule has 0 bridgehead atoms. The van der Waals surface area contributed by atoms with Gasteiger partial charge in [0.2, 0.25) is 0 Å². The molecule has 152 valence electrons. The second kappa shape index (κ2) is 7.79. The Bertz CT molecular complexity index is 1350. The summed E-state index contributed by atoms with van der Waals surface area (Å²) in [4.78, 5) is 0. The lowest BCUT2D eigenvalue weighted by Crippen LogP contribution is -2.29. The average molecular weight is 434 g/mol. The summed E-state index contributed by atoms with van der Waals surface area (Å²) in [5.74, 6) is -3.31. The van der Waals surface area contributed by atoms with Crippen LogP contribution >= 0.6 is 7.92 Å². The third kappa shape index (κ3) is 3.28. The summed E-state index contributed by atoms with van der Waals surface area (Å²) < 4.78 is 59.9. The van der Waals surface area contributed by atoms with Crippen LogP contribution in [0.2, 0.25) is 0 Å².